The molecule has 0 aliphatic rings. The van der Waals surface area contributed by atoms with Crippen LogP contribution < -0.4 is 9.47 Å². The van der Waals surface area contributed by atoms with Crippen molar-refractivity contribution in [1.29, 1.82) is 0 Å². The van der Waals surface area contributed by atoms with Crippen LogP contribution in [-0.2, 0) is 0 Å². The number of ether oxygens (including phenoxy) is 2. The number of pyridine rings is 1. The number of alkyl halides is 6. The highest BCUT2D eigenvalue weighted by atomic mass is 19.4. The summed E-state index contributed by atoms with van der Waals surface area (Å²) in [5.41, 5.74) is 0.858. The number of hydrogen-bond acceptors (Lipinski definition) is 5. The van der Waals surface area contributed by atoms with Crippen molar-refractivity contribution < 1.29 is 40.2 Å². The molecule has 0 atom stereocenters. The van der Waals surface area contributed by atoms with Crippen molar-refractivity contribution in [3.05, 3.63) is 60.5 Å². The number of nitrogens with zero attached hydrogens (tertiary/aromatic N) is 4. The van der Waals surface area contributed by atoms with E-state index in [0.29, 0.717) is 5.56 Å². The number of hydrogen-bond donors (Lipinski definition) is 0. The zero-order valence-corrected chi connectivity index (χ0v) is 16.9. The third-order valence-corrected chi connectivity index (χ3v) is 4.36. The quantitative estimate of drug-likeness (QED) is 0.338. The van der Waals surface area contributed by atoms with Crippen LogP contribution in [0.25, 0.3) is 28.2 Å². The fraction of sp³-hybridized carbons (Fsp3) is 0.190. The average Bonchev–Trinajstić information content (AvgIpc) is 3.16. The molecule has 0 saturated carbocycles. The van der Waals surface area contributed by atoms with Crippen LogP contribution >= 0.6 is 0 Å². The van der Waals surface area contributed by atoms with Crippen molar-refractivity contribution in [2.75, 3.05) is 13.2 Å². The second-order valence-electron chi connectivity index (χ2n) is 6.92. The molecule has 0 spiro atoms. The Morgan fingerprint density at radius 3 is 2.18 bits per heavy atom. The topological polar surface area (TPSA) is 61.5 Å². The van der Waals surface area contributed by atoms with Crippen molar-refractivity contribution in [2.24, 2.45) is 0 Å². The molecule has 13 heteroatoms. The first-order chi connectivity index (χ1) is 16.0. The molecule has 4 aromatic rings. The Hall–Kier alpha value is -3.90. The van der Waals surface area contributed by atoms with Crippen LogP contribution in [0.1, 0.15) is 0 Å². The molecule has 0 fully saturated rings. The van der Waals surface area contributed by atoms with Crippen LogP contribution in [0.15, 0.2) is 54.7 Å². The van der Waals surface area contributed by atoms with E-state index >= 15 is 0 Å². The van der Waals surface area contributed by atoms with Gasteiger partial charge in [0.2, 0.25) is 11.8 Å². The molecule has 0 aliphatic heterocycles. The summed E-state index contributed by atoms with van der Waals surface area (Å²) in [7, 11) is 0. The zero-order valence-electron chi connectivity index (χ0n) is 16.9. The molecule has 4 rings (SSSR count). The molecular weight excluding hydrogens is 473 g/mol. The molecule has 0 N–H and O–H groups in total. The Morgan fingerprint density at radius 2 is 1.50 bits per heavy atom. The lowest BCUT2D eigenvalue weighted by Crippen LogP contribution is -2.20. The van der Waals surface area contributed by atoms with Crippen LogP contribution in [-0.4, -0.2) is 45.1 Å². The predicted octanol–water partition coefficient (Wildman–Crippen LogP) is 5.48. The third kappa shape index (κ3) is 5.35. The van der Waals surface area contributed by atoms with Crippen molar-refractivity contribution in [3.63, 3.8) is 0 Å². The van der Waals surface area contributed by atoms with Crippen LogP contribution in [0, 0.1) is 5.82 Å². The molecule has 3 aromatic heterocycles. The van der Waals surface area contributed by atoms with E-state index in [-0.39, 0.29) is 34.4 Å². The van der Waals surface area contributed by atoms with E-state index in [1.54, 1.807) is 0 Å². The minimum atomic E-state index is -4.61. The molecular formula is C21H13F7N4O2. The maximum absolute atomic E-state index is 13.5. The largest absolute Gasteiger partial charge is 0.468 e. The first-order valence-corrected chi connectivity index (χ1v) is 9.50. The third-order valence-electron chi connectivity index (χ3n) is 4.36. The average molecular weight is 486 g/mol. The van der Waals surface area contributed by atoms with E-state index in [4.69, 9.17) is 4.74 Å². The van der Waals surface area contributed by atoms with Crippen molar-refractivity contribution >= 4 is 5.52 Å². The molecule has 0 saturated heterocycles. The Bertz CT molecular complexity index is 1300. The molecule has 1 aromatic carbocycles. The summed E-state index contributed by atoms with van der Waals surface area (Å²) in [6, 6.07) is 10.3. The lowest BCUT2D eigenvalue weighted by Gasteiger charge is -2.10. The summed E-state index contributed by atoms with van der Waals surface area (Å²) < 4.78 is 99.8. The van der Waals surface area contributed by atoms with Gasteiger partial charge in [-0.05, 0) is 30.3 Å². The molecule has 0 bridgehead atoms. The first-order valence-electron chi connectivity index (χ1n) is 9.50. The van der Waals surface area contributed by atoms with Gasteiger partial charge in [0.25, 0.3) is 0 Å². The fourth-order valence-electron chi connectivity index (χ4n) is 3.04. The van der Waals surface area contributed by atoms with Gasteiger partial charge < -0.3 is 9.47 Å². The highest BCUT2D eigenvalue weighted by Crippen LogP contribution is 2.36. The van der Waals surface area contributed by atoms with Crippen LogP contribution in [0.3, 0.4) is 0 Å². The van der Waals surface area contributed by atoms with Crippen LogP contribution in [0.2, 0.25) is 0 Å². The first kappa shape index (κ1) is 23.3. The molecule has 34 heavy (non-hydrogen) atoms. The molecule has 0 aliphatic carbocycles. The second kappa shape index (κ2) is 8.80. The summed E-state index contributed by atoms with van der Waals surface area (Å²) >= 11 is 0. The lowest BCUT2D eigenvalue weighted by atomic mass is 10.1. The van der Waals surface area contributed by atoms with Gasteiger partial charge >= 0.3 is 12.4 Å². The number of benzene rings is 1. The van der Waals surface area contributed by atoms with Crippen molar-refractivity contribution in [2.45, 2.75) is 12.4 Å². The lowest BCUT2D eigenvalue weighted by molar-refractivity contribution is -0.154. The molecule has 6 nitrogen and oxygen atoms in total. The van der Waals surface area contributed by atoms with Gasteiger partial charge in [-0.15, -0.1) is 0 Å². The van der Waals surface area contributed by atoms with Gasteiger partial charge in [0.15, 0.2) is 19.0 Å². The van der Waals surface area contributed by atoms with E-state index in [9.17, 15) is 30.7 Å². The van der Waals surface area contributed by atoms with E-state index in [1.165, 1.54) is 30.3 Å². The second-order valence-corrected chi connectivity index (χ2v) is 6.92. The summed E-state index contributed by atoms with van der Waals surface area (Å²) in [4.78, 5) is 8.08. The minimum absolute atomic E-state index is 0.109. The summed E-state index contributed by atoms with van der Waals surface area (Å²) in [6.45, 7) is -3.16. The summed E-state index contributed by atoms with van der Waals surface area (Å²) in [5, 5.41) is 4.31. The number of fused-ring (bicyclic) bond motifs is 1. The fourth-order valence-corrected chi connectivity index (χ4v) is 3.04. The van der Waals surface area contributed by atoms with Crippen molar-refractivity contribution in [3.8, 4) is 34.4 Å². The van der Waals surface area contributed by atoms with Gasteiger partial charge in [-0.3, -0.25) is 0 Å². The van der Waals surface area contributed by atoms with Crippen molar-refractivity contribution in [1.82, 2.24) is 19.6 Å². The maximum atomic E-state index is 13.5. The smallest absolute Gasteiger partial charge is 0.422 e. The maximum Gasteiger partial charge on any atom is 0.422 e. The standard InChI is InChI=1S/C21H13F7N4O2/c22-13-6-4-12(5-7-13)18-17(19-29-9-8-15(30-19)33-10-20(23,24)25)14-2-1-3-16(32(14)31-18)34-11-21(26,27)28/h1-9H,10-11H2. The Labute approximate surface area is 186 Å². The van der Waals surface area contributed by atoms with Gasteiger partial charge in [-0.25, -0.2) is 9.37 Å². The van der Waals surface area contributed by atoms with E-state index in [1.807, 2.05) is 0 Å². The highest BCUT2D eigenvalue weighted by molar-refractivity contribution is 5.89. The summed E-state index contributed by atoms with van der Waals surface area (Å²) in [6.07, 6.45) is -8.04. The minimum Gasteiger partial charge on any atom is -0.468 e. The number of rotatable bonds is 6. The van der Waals surface area contributed by atoms with Gasteiger partial charge in [0.1, 0.15) is 11.5 Å². The van der Waals surface area contributed by atoms with Gasteiger partial charge in [-0.2, -0.15) is 40.9 Å². The van der Waals surface area contributed by atoms with Gasteiger partial charge in [-0.1, -0.05) is 6.07 Å². The Balaban J connectivity index is 1.86. The van der Waals surface area contributed by atoms with Crippen LogP contribution in [0.5, 0.6) is 11.8 Å². The SMILES string of the molecule is Fc1ccc(-c2nn3c(OCC(F)(F)F)cccc3c2-c2nccc(OCC(F)(F)F)n2)cc1. The molecule has 3 heterocycles. The Morgan fingerprint density at radius 1 is 0.824 bits per heavy atom. The van der Waals surface area contributed by atoms with E-state index < -0.39 is 31.4 Å². The molecule has 0 amide bonds. The number of halogens is 7. The monoisotopic (exact) mass is 486 g/mol. The normalized spacial score (nSPS) is 12.2. The van der Waals surface area contributed by atoms with Crippen LogP contribution in [0.4, 0.5) is 30.7 Å². The van der Waals surface area contributed by atoms with Gasteiger partial charge in [0.05, 0.1) is 11.1 Å². The molecule has 0 unspecified atom stereocenters. The molecule has 0 radical (unpaired) electrons. The Kier molecular flexibility index (Phi) is 6.02. The molecule has 178 valence electrons. The number of aromatic nitrogens is 4. The highest BCUT2D eigenvalue weighted by Gasteiger charge is 2.30. The summed E-state index contributed by atoms with van der Waals surface area (Å²) in [5.74, 6) is -1.28. The predicted molar refractivity (Wildman–Crippen MR) is 105 cm³/mol. The van der Waals surface area contributed by atoms with Gasteiger partial charge in [0, 0.05) is 23.9 Å². The van der Waals surface area contributed by atoms with E-state index in [2.05, 4.69) is 19.8 Å². The zero-order chi connectivity index (χ0) is 24.5. The van der Waals surface area contributed by atoms with E-state index in [0.717, 1.165) is 28.9 Å².